The van der Waals surface area contributed by atoms with E-state index in [1.807, 2.05) is 82.3 Å². The molecule has 0 saturated heterocycles. The van der Waals surface area contributed by atoms with Crippen molar-refractivity contribution in [2.45, 2.75) is 48.4 Å². The van der Waals surface area contributed by atoms with E-state index in [2.05, 4.69) is 61.8 Å². The van der Waals surface area contributed by atoms with Gasteiger partial charge in [-0.15, -0.1) is 20.5 Å². The molecule has 0 aliphatic heterocycles. The lowest BCUT2D eigenvalue weighted by molar-refractivity contribution is 0.397. The summed E-state index contributed by atoms with van der Waals surface area (Å²) >= 11 is 3.11. The lowest BCUT2D eigenvalue weighted by atomic mass is 10.1. The molecule has 0 fully saturated rings. The van der Waals surface area contributed by atoms with Crippen LogP contribution in [0.3, 0.4) is 0 Å². The van der Waals surface area contributed by atoms with Gasteiger partial charge in [0.15, 0.2) is 15.2 Å². The van der Waals surface area contributed by atoms with Crippen LogP contribution in [0.1, 0.15) is 44.4 Å². The van der Waals surface area contributed by atoms with Crippen molar-refractivity contribution < 1.29 is 35.4 Å². The molecule has 8 rings (SSSR count). The van der Waals surface area contributed by atoms with Crippen LogP contribution >= 0.6 is 34.8 Å². The maximum absolute atomic E-state index is 12.2. The molecule has 0 radical (unpaired) electrons. The van der Waals surface area contributed by atoms with Crippen LogP contribution in [0.2, 0.25) is 0 Å². The number of rotatable bonds is 23. The quantitative estimate of drug-likeness (QED) is 0.0263. The molecular weight excluding hydrogens is 1120 g/mol. The van der Waals surface area contributed by atoms with Crippen LogP contribution in [0.5, 0.6) is 11.5 Å². The van der Waals surface area contributed by atoms with E-state index >= 15 is 0 Å². The highest BCUT2D eigenvalue weighted by Gasteiger charge is 2.24. The molecule has 0 amide bonds. The number of hydrogen-bond acceptors (Lipinski definition) is 24. The van der Waals surface area contributed by atoms with Gasteiger partial charge in [0.1, 0.15) is 67.3 Å². The fourth-order valence-corrected chi connectivity index (χ4v) is 11.6. The van der Waals surface area contributed by atoms with E-state index in [1.54, 1.807) is 12.1 Å². The Labute approximate surface area is 473 Å². The van der Waals surface area contributed by atoms with E-state index < -0.39 is 30.0 Å². The van der Waals surface area contributed by atoms with Crippen molar-refractivity contribution >= 4 is 111 Å². The van der Waals surface area contributed by atoms with Crippen molar-refractivity contribution in [1.82, 2.24) is 23.7 Å². The first kappa shape index (κ1) is 57.7. The van der Waals surface area contributed by atoms with E-state index in [0.29, 0.717) is 59.8 Å². The number of azo groups is 2. The summed E-state index contributed by atoms with van der Waals surface area (Å²) in [6, 6.07) is 33.1. The summed E-state index contributed by atoms with van der Waals surface area (Å²) in [5.41, 5.74) is 4.97. The molecule has 3 aromatic heterocycles. The number of benzene rings is 5. The molecule has 0 unspecified atom stereocenters. The maximum Gasteiger partial charge on any atom is 0.298 e. The zero-order chi connectivity index (χ0) is 57.1. The molecule has 3 heterocycles. The van der Waals surface area contributed by atoms with Gasteiger partial charge >= 0.3 is 0 Å². The Hall–Kier alpha value is -8.48. The predicted octanol–water partition coefficient (Wildman–Crippen LogP) is 12.7. The fourth-order valence-electron chi connectivity index (χ4n) is 8.03. The largest absolute Gasteiger partial charge is 0.495 e. The molecule has 0 atom stereocenters. The molecule has 5 aromatic carbocycles. The molecule has 0 spiro atoms. The van der Waals surface area contributed by atoms with E-state index in [9.17, 15) is 36.5 Å². The van der Waals surface area contributed by atoms with E-state index in [-0.39, 0.29) is 67.0 Å². The third kappa shape index (κ3) is 13.3. The van der Waals surface area contributed by atoms with Crippen molar-refractivity contribution in [2.75, 3.05) is 60.8 Å². The second kappa shape index (κ2) is 25.5. The number of aromatic nitrogens is 5. The van der Waals surface area contributed by atoms with Gasteiger partial charge in [-0.05, 0) is 129 Å². The Kier molecular flexibility index (Phi) is 18.4. The zero-order valence-corrected chi connectivity index (χ0v) is 47.6. The number of methoxy groups -OCH3 is 2. The average Bonchev–Trinajstić information content (AvgIpc) is 4.09. The summed E-state index contributed by atoms with van der Waals surface area (Å²) in [5.74, 6) is 0.564. The van der Waals surface area contributed by atoms with Crippen molar-refractivity contribution in [2.24, 2.45) is 20.5 Å². The number of nitriles is 2. The number of ether oxygens (including phenoxy) is 2. The van der Waals surface area contributed by atoms with Gasteiger partial charge in [-0.1, -0.05) is 42.1 Å². The predicted molar refractivity (Wildman–Crippen MR) is 308 cm³/mol. The molecule has 0 aliphatic rings. The first-order valence-electron chi connectivity index (χ1n) is 24.2. The fraction of sp³-hybridized carbons (Fsp3) is 0.212. The highest BCUT2D eigenvalue weighted by atomic mass is 32.2. The zero-order valence-electron chi connectivity index (χ0n) is 43.5. The molecule has 80 heavy (non-hydrogen) atoms. The maximum atomic E-state index is 12.2. The molecule has 8 aromatic rings. The van der Waals surface area contributed by atoms with Gasteiger partial charge in [0.2, 0.25) is 11.9 Å². The normalized spacial score (nSPS) is 11.6. The standard InChI is InChI=1S/C52H49N15O8S5/c1-7-66(8-2)34-18-20-38(60-62-48-36(28-53)46(64-77-48)32-16-22-42(74-5)44(24-32)79(68,69)70)40(26-34)55-50-57-51(59-52(58-50)76-30-31-14-12-11-13-15-31)56-41-27-35(67(9-3)10-4)19-21-39(41)61-63-49-37(29-54)47(65-78-49)33-17-23-43(75-6)45(25-33)80(71,72)73/h11-27H,7-10,30H2,1-6H3,(H,68,69,70)(H,71,72,73)(H2,55,56,57,58,59)/b62-60+,63-61+. The molecule has 23 nitrogen and oxygen atoms in total. The van der Waals surface area contributed by atoms with Gasteiger partial charge in [0.05, 0.1) is 25.6 Å². The molecule has 28 heteroatoms. The number of anilines is 6. The van der Waals surface area contributed by atoms with Crippen molar-refractivity contribution in [1.29, 1.82) is 10.5 Å². The lowest BCUT2D eigenvalue weighted by Gasteiger charge is -2.22. The van der Waals surface area contributed by atoms with Gasteiger partial charge in [-0.3, -0.25) is 9.11 Å². The minimum Gasteiger partial charge on any atom is -0.495 e. The average molecular weight is 1170 g/mol. The van der Waals surface area contributed by atoms with Crippen LogP contribution in [0.15, 0.2) is 139 Å². The first-order valence-corrected chi connectivity index (χ1v) is 29.6. The van der Waals surface area contributed by atoms with Gasteiger partial charge < -0.3 is 29.9 Å². The van der Waals surface area contributed by atoms with Gasteiger partial charge in [-0.2, -0.15) is 51.1 Å². The highest BCUT2D eigenvalue weighted by Crippen LogP contribution is 2.42. The van der Waals surface area contributed by atoms with Crippen LogP contribution in [-0.4, -0.2) is 90.0 Å². The summed E-state index contributed by atoms with van der Waals surface area (Å²) < 4.78 is 87.8. The van der Waals surface area contributed by atoms with E-state index in [0.717, 1.165) is 40.0 Å². The van der Waals surface area contributed by atoms with Gasteiger partial charge in [0, 0.05) is 54.4 Å². The van der Waals surface area contributed by atoms with Crippen LogP contribution in [0, 0.1) is 22.7 Å². The van der Waals surface area contributed by atoms with Crippen LogP contribution in [0.4, 0.5) is 56.0 Å². The number of nitrogens with zero attached hydrogens (tertiary/aromatic N) is 13. The second-order valence-corrected chi connectivity index (χ2v) is 22.0. The summed E-state index contributed by atoms with van der Waals surface area (Å²) in [6.45, 7) is 10.9. The summed E-state index contributed by atoms with van der Waals surface area (Å²) in [5, 5.41) is 46.1. The lowest BCUT2D eigenvalue weighted by Crippen LogP contribution is -2.21. The molecule has 0 aliphatic carbocycles. The molecule has 0 bridgehead atoms. The Bertz CT molecular complexity index is 3720. The van der Waals surface area contributed by atoms with Crippen molar-refractivity contribution in [3.63, 3.8) is 0 Å². The second-order valence-electron chi connectivity index (χ2n) is 16.8. The molecular formula is C52H49N15O8S5. The molecule has 4 N–H and O–H groups in total. The van der Waals surface area contributed by atoms with Crippen LogP contribution < -0.4 is 29.9 Å². The van der Waals surface area contributed by atoms with Crippen molar-refractivity contribution in [3.8, 4) is 46.2 Å². The minimum atomic E-state index is -4.70. The van der Waals surface area contributed by atoms with Crippen LogP contribution in [0.25, 0.3) is 22.5 Å². The Balaban J connectivity index is 1.19. The monoisotopic (exact) mass is 1170 g/mol. The molecule has 410 valence electrons. The topological polar surface area (TPSA) is 319 Å². The summed E-state index contributed by atoms with van der Waals surface area (Å²) in [4.78, 5) is 17.8. The van der Waals surface area contributed by atoms with Gasteiger partial charge in [-0.25, -0.2) is 0 Å². The minimum absolute atomic E-state index is 0.0180. The third-order valence-corrected chi connectivity index (χ3v) is 16.2. The van der Waals surface area contributed by atoms with Crippen molar-refractivity contribution in [3.05, 3.63) is 120 Å². The SMILES string of the molecule is CCN(CC)c1ccc(/N=N/c2snc(-c3ccc(OC)c(S(=O)(=O)O)c3)c2C#N)c(Nc2nc(Nc3cc(N(CC)CC)ccc3/N=N/c3snc(-c4ccc(OC)c(S(=O)(=O)O)c4)c3C#N)nc(SCc3ccccc3)n2)c1. The summed E-state index contributed by atoms with van der Waals surface area (Å²) in [7, 11) is -6.87. The van der Waals surface area contributed by atoms with Crippen LogP contribution in [-0.2, 0) is 26.0 Å². The number of hydrogen-bond donors (Lipinski definition) is 4. The Morgan fingerprint density at radius 3 is 1.43 bits per heavy atom. The Morgan fingerprint density at radius 2 is 1.04 bits per heavy atom. The van der Waals surface area contributed by atoms with E-state index in [1.165, 1.54) is 62.4 Å². The molecule has 0 saturated carbocycles. The third-order valence-electron chi connectivity index (χ3n) is 12.0. The smallest absolute Gasteiger partial charge is 0.298 e. The van der Waals surface area contributed by atoms with Gasteiger partial charge in [0.25, 0.3) is 20.2 Å². The number of nitrogens with one attached hydrogen (secondary N) is 2. The summed E-state index contributed by atoms with van der Waals surface area (Å²) in [6.07, 6.45) is 0. The highest BCUT2D eigenvalue weighted by molar-refractivity contribution is 7.98. The Morgan fingerprint density at radius 1 is 0.600 bits per heavy atom. The first-order chi connectivity index (χ1) is 38.5. The van der Waals surface area contributed by atoms with E-state index in [4.69, 9.17) is 24.4 Å². The number of thioether (sulfide) groups is 1.